The highest BCUT2D eigenvalue weighted by molar-refractivity contribution is 5.98. The molecule has 0 radical (unpaired) electrons. The number of hydrazone groups is 1. The first kappa shape index (κ1) is 15.2. The number of benzene rings is 2. The van der Waals surface area contributed by atoms with Gasteiger partial charge < -0.3 is 17.0 Å². The monoisotopic (exact) mass is 349 g/mol. The SMILES string of the molecule is NC1=[N+](NC(=O)c2ccccc2F)Cc2ccccc21.[Br-]. The highest BCUT2D eigenvalue weighted by Crippen LogP contribution is 2.15. The summed E-state index contributed by atoms with van der Waals surface area (Å²) in [5.74, 6) is -0.607. The number of nitrogens with two attached hydrogens (primary N) is 1. The number of hydrogen-bond acceptors (Lipinski definition) is 2. The van der Waals surface area contributed by atoms with Gasteiger partial charge in [0, 0.05) is 5.56 Å². The first-order valence-corrected chi connectivity index (χ1v) is 6.20. The third kappa shape index (κ3) is 2.80. The van der Waals surface area contributed by atoms with Gasteiger partial charge in [0.15, 0.2) is 0 Å². The maximum Gasteiger partial charge on any atom is 0.299 e. The Labute approximate surface area is 131 Å². The fourth-order valence-electron chi connectivity index (χ4n) is 2.24. The van der Waals surface area contributed by atoms with Gasteiger partial charge in [0.25, 0.3) is 11.7 Å². The molecule has 2 aromatic rings. The molecule has 1 aliphatic heterocycles. The molecule has 0 spiro atoms. The van der Waals surface area contributed by atoms with Gasteiger partial charge in [0.05, 0.1) is 11.1 Å². The Morgan fingerprint density at radius 3 is 2.52 bits per heavy atom. The van der Waals surface area contributed by atoms with E-state index in [0.29, 0.717) is 12.4 Å². The minimum atomic E-state index is -0.555. The standard InChI is InChI=1S/C15H12FN3O.BrH/c16-13-8-4-3-7-12(13)15(20)18-19-9-10-5-1-2-6-11(10)14(19)17;/h1-8,17H,9H2,(H,18,20);1H. The molecule has 1 heterocycles. The van der Waals surface area contributed by atoms with Gasteiger partial charge in [0.2, 0.25) is 0 Å². The van der Waals surface area contributed by atoms with Crippen LogP contribution >= 0.6 is 0 Å². The number of nitrogens with zero attached hydrogens (tertiary/aromatic N) is 1. The number of rotatable bonds is 2. The second-order valence-corrected chi connectivity index (χ2v) is 4.55. The summed E-state index contributed by atoms with van der Waals surface area (Å²) in [6.45, 7) is 0.474. The minimum Gasteiger partial charge on any atom is -1.00 e. The summed E-state index contributed by atoms with van der Waals surface area (Å²) in [5, 5.41) is 0. The Kier molecular flexibility index (Phi) is 4.37. The predicted octanol–water partition coefficient (Wildman–Crippen LogP) is -1.59. The Morgan fingerprint density at radius 1 is 1.14 bits per heavy atom. The Balaban J connectivity index is 0.00000161. The van der Waals surface area contributed by atoms with Crippen molar-refractivity contribution in [3.8, 4) is 0 Å². The van der Waals surface area contributed by atoms with E-state index in [0.717, 1.165) is 11.1 Å². The summed E-state index contributed by atoms with van der Waals surface area (Å²) >= 11 is 0. The molecule has 0 bridgehead atoms. The molecule has 0 atom stereocenters. The topological polar surface area (TPSA) is 58.1 Å². The number of nitrogens with one attached hydrogen (secondary N) is 1. The zero-order chi connectivity index (χ0) is 14.1. The van der Waals surface area contributed by atoms with Crippen LogP contribution in [0, 0.1) is 5.82 Å². The number of hydrazine groups is 1. The van der Waals surface area contributed by atoms with E-state index >= 15 is 0 Å². The average molecular weight is 350 g/mol. The largest absolute Gasteiger partial charge is 1.00 e. The lowest BCUT2D eigenvalue weighted by Crippen LogP contribution is -3.00. The molecule has 3 N–H and O–H groups in total. The maximum absolute atomic E-state index is 13.6. The molecule has 3 rings (SSSR count). The van der Waals surface area contributed by atoms with E-state index in [-0.39, 0.29) is 22.5 Å². The van der Waals surface area contributed by atoms with Crippen LogP contribution in [-0.4, -0.2) is 16.4 Å². The molecule has 0 aromatic heterocycles. The van der Waals surface area contributed by atoms with Crippen molar-refractivity contribution in [2.75, 3.05) is 0 Å². The Morgan fingerprint density at radius 2 is 1.81 bits per heavy atom. The number of amidine groups is 1. The zero-order valence-electron chi connectivity index (χ0n) is 11.0. The van der Waals surface area contributed by atoms with E-state index in [4.69, 9.17) is 5.73 Å². The Hall–Kier alpha value is -2.21. The van der Waals surface area contributed by atoms with E-state index in [9.17, 15) is 9.18 Å². The molecule has 2 aromatic carbocycles. The van der Waals surface area contributed by atoms with Crippen LogP contribution in [0.4, 0.5) is 4.39 Å². The highest BCUT2D eigenvalue weighted by Gasteiger charge is 2.26. The van der Waals surface area contributed by atoms with Crippen molar-refractivity contribution in [2.45, 2.75) is 6.54 Å². The molecular formula is C15H13BrFN3O. The van der Waals surface area contributed by atoms with Crippen molar-refractivity contribution in [1.82, 2.24) is 5.43 Å². The van der Waals surface area contributed by atoms with Crippen LogP contribution in [-0.2, 0) is 6.54 Å². The number of halogens is 2. The summed E-state index contributed by atoms with van der Waals surface area (Å²) in [5.41, 5.74) is 10.5. The van der Waals surface area contributed by atoms with Gasteiger partial charge in [-0.15, -0.1) is 0 Å². The molecule has 6 heteroatoms. The second-order valence-electron chi connectivity index (χ2n) is 4.55. The summed E-state index contributed by atoms with van der Waals surface area (Å²) in [6, 6.07) is 13.5. The number of carbonyl (C=O) groups excluding carboxylic acids is 1. The lowest BCUT2D eigenvalue weighted by molar-refractivity contribution is -0.584. The van der Waals surface area contributed by atoms with Crippen LogP contribution in [0.1, 0.15) is 21.5 Å². The smallest absolute Gasteiger partial charge is 0.299 e. The lowest BCUT2D eigenvalue weighted by Gasteiger charge is -2.05. The van der Waals surface area contributed by atoms with Gasteiger partial charge >= 0.3 is 0 Å². The van der Waals surface area contributed by atoms with Crippen LogP contribution in [0.5, 0.6) is 0 Å². The van der Waals surface area contributed by atoms with Crippen molar-refractivity contribution in [3.63, 3.8) is 0 Å². The van der Waals surface area contributed by atoms with Crippen molar-refractivity contribution in [2.24, 2.45) is 5.73 Å². The van der Waals surface area contributed by atoms with Crippen molar-refractivity contribution < 1.29 is 30.9 Å². The Bertz CT molecular complexity index is 730. The first-order valence-electron chi connectivity index (χ1n) is 6.20. The van der Waals surface area contributed by atoms with Crippen molar-refractivity contribution in [3.05, 3.63) is 71.0 Å². The number of hydrogen-bond donors (Lipinski definition) is 2. The number of carbonyl (C=O) groups is 1. The van der Waals surface area contributed by atoms with Gasteiger partial charge in [-0.25, -0.2) is 4.39 Å². The molecule has 1 aliphatic rings. The van der Waals surface area contributed by atoms with Crippen LogP contribution in [0.25, 0.3) is 0 Å². The quantitative estimate of drug-likeness (QED) is 0.642. The third-order valence-corrected chi connectivity index (χ3v) is 3.27. The fraction of sp³-hybridized carbons (Fsp3) is 0.0667. The molecule has 21 heavy (non-hydrogen) atoms. The molecule has 0 fully saturated rings. The van der Waals surface area contributed by atoms with Crippen molar-refractivity contribution in [1.29, 1.82) is 0 Å². The van der Waals surface area contributed by atoms with Gasteiger partial charge in [-0.3, -0.25) is 10.5 Å². The fourth-order valence-corrected chi connectivity index (χ4v) is 2.24. The summed E-state index contributed by atoms with van der Waals surface area (Å²) in [4.78, 5) is 12.1. The van der Waals surface area contributed by atoms with E-state index < -0.39 is 11.7 Å². The molecule has 0 aliphatic carbocycles. The van der Waals surface area contributed by atoms with Gasteiger partial charge in [-0.05, 0) is 18.2 Å². The average Bonchev–Trinajstić information content (AvgIpc) is 2.76. The summed E-state index contributed by atoms with van der Waals surface area (Å²) < 4.78 is 15.1. The summed E-state index contributed by atoms with van der Waals surface area (Å²) in [6.07, 6.45) is 0. The normalized spacial score (nSPS) is 12.6. The molecular weight excluding hydrogens is 337 g/mol. The zero-order valence-corrected chi connectivity index (χ0v) is 12.6. The molecule has 4 nitrogen and oxygen atoms in total. The van der Waals surface area contributed by atoms with Gasteiger partial charge in [-0.2, -0.15) is 10.1 Å². The van der Waals surface area contributed by atoms with E-state index in [1.807, 2.05) is 24.3 Å². The van der Waals surface area contributed by atoms with E-state index in [1.54, 1.807) is 6.07 Å². The number of amides is 1. The van der Waals surface area contributed by atoms with E-state index in [1.165, 1.54) is 22.9 Å². The van der Waals surface area contributed by atoms with Crippen LogP contribution in [0.15, 0.2) is 48.5 Å². The van der Waals surface area contributed by atoms with Crippen LogP contribution in [0.2, 0.25) is 0 Å². The first-order chi connectivity index (χ1) is 9.66. The van der Waals surface area contributed by atoms with Gasteiger partial charge in [0.1, 0.15) is 12.4 Å². The van der Waals surface area contributed by atoms with Crippen LogP contribution in [0.3, 0.4) is 0 Å². The lowest BCUT2D eigenvalue weighted by atomic mass is 10.1. The highest BCUT2D eigenvalue weighted by atomic mass is 79.9. The van der Waals surface area contributed by atoms with Crippen molar-refractivity contribution >= 4 is 11.7 Å². The third-order valence-electron chi connectivity index (χ3n) is 3.27. The maximum atomic E-state index is 13.6. The summed E-state index contributed by atoms with van der Waals surface area (Å²) in [7, 11) is 0. The molecule has 0 saturated heterocycles. The van der Waals surface area contributed by atoms with Gasteiger partial charge in [-0.1, -0.05) is 30.3 Å². The molecule has 1 amide bonds. The molecule has 108 valence electrons. The van der Waals surface area contributed by atoms with E-state index in [2.05, 4.69) is 5.43 Å². The molecule has 0 unspecified atom stereocenters. The minimum absolute atomic E-state index is 0. The predicted molar refractivity (Wildman–Crippen MR) is 72.6 cm³/mol. The second kappa shape index (κ2) is 6.05. The number of fused-ring (bicyclic) bond motifs is 1. The van der Waals surface area contributed by atoms with Crippen LogP contribution < -0.4 is 28.1 Å². The molecule has 0 saturated carbocycles.